The number of rotatable bonds is 22. The van der Waals surface area contributed by atoms with Crippen LogP contribution >= 0.6 is 15.9 Å². The predicted molar refractivity (Wildman–Crippen MR) is 260 cm³/mol. The fourth-order valence-electron chi connectivity index (χ4n) is 6.71. The third-order valence-electron chi connectivity index (χ3n) is 10.3. The number of nitrogens with one attached hydrogen (secondary N) is 1. The van der Waals surface area contributed by atoms with Gasteiger partial charge in [-0.15, -0.1) is 0 Å². The van der Waals surface area contributed by atoms with E-state index < -0.39 is 23.7 Å². The average molecular weight is 951 g/mol. The second-order valence-corrected chi connectivity index (χ2v) is 17.7. The molecule has 0 spiro atoms. The summed E-state index contributed by atoms with van der Waals surface area (Å²) in [4.78, 5) is 33.6. The van der Waals surface area contributed by atoms with Crippen LogP contribution in [0.1, 0.15) is 104 Å². The first kappa shape index (κ1) is 50.1. The molecule has 346 valence electrons. The number of esters is 1. The number of methoxy groups -OCH3 is 1. The minimum absolute atomic E-state index is 0.253. The van der Waals surface area contributed by atoms with Gasteiger partial charge in [0.25, 0.3) is 0 Å². The lowest BCUT2D eigenvalue weighted by atomic mass is 10.0. The van der Waals surface area contributed by atoms with Gasteiger partial charge in [-0.2, -0.15) is 0 Å². The van der Waals surface area contributed by atoms with Gasteiger partial charge in [0.15, 0.2) is 0 Å². The Morgan fingerprint density at radius 2 is 1.05 bits per heavy atom. The molecule has 0 saturated heterocycles. The monoisotopic (exact) mass is 949 g/mol. The van der Waals surface area contributed by atoms with Gasteiger partial charge in [-0.1, -0.05) is 118 Å². The number of carbonyl (C=O) groups excluding carboxylic acids is 2. The van der Waals surface area contributed by atoms with Crippen LogP contribution in [-0.2, 0) is 20.7 Å². The highest BCUT2D eigenvalue weighted by Crippen LogP contribution is 2.29. The molecule has 1 atom stereocenters. The Balaban J connectivity index is 0.000000264. The maximum atomic E-state index is 12.2. The van der Waals surface area contributed by atoms with Crippen molar-refractivity contribution in [1.29, 1.82) is 0 Å². The van der Waals surface area contributed by atoms with Crippen molar-refractivity contribution in [3.05, 3.63) is 120 Å². The summed E-state index contributed by atoms with van der Waals surface area (Å²) < 4.78 is 34.2. The van der Waals surface area contributed by atoms with Gasteiger partial charge in [-0.25, -0.2) is 19.6 Å². The molecule has 4 aromatic carbocycles. The zero-order chi connectivity index (χ0) is 46.4. The van der Waals surface area contributed by atoms with Gasteiger partial charge in [-0.3, -0.25) is 0 Å². The van der Waals surface area contributed by atoms with E-state index in [1.807, 2.05) is 97.1 Å². The molecule has 11 nitrogen and oxygen atoms in total. The second kappa shape index (κ2) is 26.2. The molecular weight excluding hydrogens is 886 g/mol. The van der Waals surface area contributed by atoms with Gasteiger partial charge in [0.05, 0.1) is 20.3 Å². The Hall–Kier alpha value is -5.88. The summed E-state index contributed by atoms with van der Waals surface area (Å²) in [6, 6.07) is 30.4. The molecule has 12 heteroatoms. The van der Waals surface area contributed by atoms with Crippen molar-refractivity contribution < 1.29 is 37.4 Å². The molecule has 0 aliphatic carbocycles. The number of unbranched alkanes of at least 4 members (excludes halogenated alkanes) is 8. The summed E-state index contributed by atoms with van der Waals surface area (Å²) in [6.45, 7) is 11.2. The lowest BCUT2D eigenvalue weighted by molar-refractivity contribution is -0.143. The van der Waals surface area contributed by atoms with Gasteiger partial charge < -0.3 is 33.1 Å². The first-order chi connectivity index (χ1) is 31.4. The van der Waals surface area contributed by atoms with Crippen LogP contribution in [0.4, 0.5) is 4.79 Å². The number of aromatic nitrogens is 2. The van der Waals surface area contributed by atoms with E-state index >= 15 is 0 Å². The largest absolute Gasteiger partial charge is 0.494 e. The molecule has 6 rings (SSSR count). The number of hydrogen-bond donors (Lipinski definition) is 1. The van der Waals surface area contributed by atoms with Crippen LogP contribution < -0.4 is 14.8 Å². The molecule has 0 saturated carbocycles. The smallest absolute Gasteiger partial charge is 0.408 e. The van der Waals surface area contributed by atoms with Crippen molar-refractivity contribution in [3.8, 4) is 56.9 Å². The highest BCUT2D eigenvalue weighted by molar-refractivity contribution is 9.10. The number of oxazole rings is 2. The van der Waals surface area contributed by atoms with Gasteiger partial charge >= 0.3 is 12.1 Å². The molecular formula is C53H64BrN3O8. The highest BCUT2D eigenvalue weighted by atomic mass is 79.9. The van der Waals surface area contributed by atoms with Crippen molar-refractivity contribution in [2.75, 3.05) is 20.3 Å². The van der Waals surface area contributed by atoms with E-state index in [0.29, 0.717) is 17.5 Å². The molecule has 2 aromatic heterocycles. The van der Waals surface area contributed by atoms with Gasteiger partial charge in [0.1, 0.15) is 47.1 Å². The fraction of sp³-hybridized carbons (Fsp3) is 0.396. The molecule has 0 radical (unpaired) electrons. The molecule has 0 unspecified atom stereocenters. The van der Waals surface area contributed by atoms with Gasteiger partial charge in [0, 0.05) is 33.1 Å². The molecule has 2 heterocycles. The van der Waals surface area contributed by atoms with Crippen LogP contribution in [-0.4, -0.2) is 54.0 Å². The van der Waals surface area contributed by atoms with E-state index in [4.69, 9.17) is 27.8 Å². The highest BCUT2D eigenvalue weighted by Gasteiger charge is 2.25. The lowest BCUT2D eigenvalue weighted by Gasteiger charge is -2.22. The number of amides is 1. The van der Waals surface area contributed by atoms with Crippen LogP contribution in [0, 0.1) is 0 Å². The molecule has 6 aromatic rings. The zero-order valence-electron chi connectivity index (χ0n) is 38.7. The second-order valence-electron chi connectivity index (χ2n) is 16.8. The summed E-state index contributed by atoms with van der Waals surface area (Å²) in [5.74, 6) is 2.32. The third-order valence-corrected chi connectivity index (χ3v) is 10.8. The molecule has 0 aliphatic rings. The summed E-state index contributed by atoms with van der Waals surface area (Å²) in [6.07, 6.45) is 15.1. The Morgan fingerprint density at radius 3 is 1.48 bits per heavy atom. The molecule has 0 aliphatic heterocycles. The van der Waals surface area contributed by atoms with Crippen molar-refractivity contribution >= 4 is 28.0 Å². The Labute approximate surface area is 392 Å². The summed E-state index contributed by atoms with van der Waals surface area (Å²) in [5.41, 5.74) is 5.41. The minimum atomic E-state index is -0.873. The summed E-state index contributed by atoms with van der Waals surface area (Å²) >= 11 is 3.44. The molecule has 1 amide bonds. The van der Waals surface area contributed by atoms with E-state index in [2.05, 4.69) is 45.1 Å². The van der Waals surface area contributed by atoms with Crippen molar-refractivity contribution in [2.24, 2.45) is 0 Å². The maximum Gasteiger partial charge on any atom is 0.408 e. The number of alkyl carbamates (subject to hydrolysis) is 1. The van der Waals surface area contributed by atoms with Crippen LogP contribution in [0.3, 0.4) is 0 Å². The third kappa shape index (κ3) is 17.2. The quantitative estimate of drug-likeness (QED) is 0.0517. The number of halogens is 1. The number of nitrogens with zero attached hydrogens (tertiary/aromatic N) is 2. The summed E-state index contributed by atoms with van der Waals surface area (Å²) in [5, 5.41) is 2.59. The van der Waals surface area contributed by atoms with E-state index in [1.165, 1.54) is 58.5 Å². The number of carbonyl (C=O) groups is 2. The normalized spacial score (nSPS) is 11.6. The van der Waals surface area contributed by atoms with Gasteiger partial charge in [0.2, 0.25) is 11.8 Å². The first-order valence-electron chi connectivity index (χ1n) is 22.7. The van der Waals surface area contributed by atoms with E-state index in [-0.39, 0.29) is 6.42 Å². The SMILES string of the molecule is CCCCCCCOc1ccc(-c2nc(-c3ccc(Br)cc3)co2)cc1.CCCCCCCOc1ccc(-c2nc(-c3ccc(C[C@H](NC(=O)OC(C)(C)C)C(=O)OC)cc3)co2)cc1. The van der Waals surface area contributed by atoms with E-state index in [9.17, 15) is 9.59 Å². The average Bonchev–Trinajstić information content (AvgIpc) is 4.01. The molecule has 65 heavy (non-hydrogen) atoms. The minimum Gasteiger partial charge on any atom is -0.494 e. The Morgan fingerprint density at radius 1 is 0.615 bits per heavy atom. The van der Waals surface area contributed by atoms with Crippen LogP contribution in [0.15, 0.2) is 123 Å². The first-order valence-corrected chi connectivity index (χ1v) is 23.5. The Bertz CT molecular complexity index is 2300. The van der Waals surface area contributed by atoms with E-state index in [1.54, 1.807) is 33.3 Å². The molecule has 1 N–H and O–H groups in total. The van der Waals surface area contributed by atoms with Crippen molar-refractivity contribution in [1.82, 2.24) is 15.3 Å². The lowest BCUT2D eigenvalue weighted by Crippen LogP contribution is -2.45. The van der Waals surface area contributed by atoms with E-state index in [0.717, 1.165) is 75.5 Å². The summed E-state index contributed by atoms with van der Waals surface area (Å²) in [7, 11) is 1.29. The van der Waals surface area contributed by atoms with Crippen molar-refractivity contribution in [3.63, 3.8) is 0 Å². The standard InChI is InChI=1S/C31H40N2O6.C22H24BrNO2/c1-6-7-8-9-10-19-37-25-17-15-24(16-18-25)28-32-27(21-38-28)23-13-11-22(12-14-23)20-26(29(34)36-5)33-30(35)39-31(2,3)4;1-2-3-4-5-6-15-25-20-13-9-18(10-14-20)22-24-21(16-26-22)17-7-11-19(23)12-8-17/h11-18,21,26H,6-10,19-20H2,1-5H3,(H,33,35);7-14,16H,2-6,15H2,1H3/t26-;/m0./s1. The molecule has 0 fully saturated rings. The predicted octanol–water partition coefficient (Wildman–Crippen LogP) is 14.1. The van der Waals surface area contributed by atoms with Crippen LogP contribution in [0.25, 0.3) is 45.4 Å². The number of hydrogen-bond acceptors (Lipinski definition) is 10. The van der Waals surface area contributed by atoms with Crippen molar-refractivity contribution in [2.45, 2.75) is 117 Å². The van der Waals surface area contributed by atoms with Gasteiger partial charge in [-0.05, 0) is 99.8 Å². The topological polar surface area (TPSA) is 135 Å². The van der Waals surface area contributed by atoms with Crippen LogP contribution in [0.2, 0.25) is 0 Å². The number of benzene rings is 4. The van der Waals surface area contributed by atoms with Crippen LogP contribution in [0.5, 0.6) is 11.5 Å². The molecule has 0 bridgehead atoms. The fourth-order valence-corrected chi connectivity index (χ4v) is 6.97. The maximum absolute atomic E-state index is 12.2. The zero-order valence-corrected chi connectivity index (χ0v) is 40.3. The number of ether oxygens (including phenoxy) is 4. The Kier molecular flexibility index (Phi) is 20.2.